The molecule has 9 heteroatoms. The zero-order valence-corrected chi connectivity index (χ0v) is 23.2. The highest BCUT2D eigenvalue weighted by atomic mass is 35.5. The summed E-state index contributed by atoms with van der Waals surface area (Å²) in [4.78, 5) is 42.7. The molecule has 0 saturated heterocycles. The smallest absolute Gasteiger partial charge is 0.251 e. The lowest BCUT2D eigenvalue weighted by Gasteiger charge is -2.19. The van der Waals surface area contributed by atoms with Gasteiger partial charge in [0.15, 0.2) is 0 Å². The van der Waals surface area contributed by atoms with E-state index in [-0.39, 0.29) is 25.0 Å². The summed E-state index contributed by atoms with van der Waals surface area (Å²) >= 11 is 6.43. The fourth-order valence-corrected chi connectivity index (χ4v) is 4.09. The predicted molar refractivity (Wildman–Crippen MR) is 158 cm³/mol. The van der Waals surface area contributed by atoms with Crippen molar-refractivity contribution in [1.82, 2.24) is 15.6 Å². The summed E-state index contributed by atoms with van der Waals surface area (Å²) < 4.78 is 6.07. The number of hydrogen-bond acceptors (Lipinski definition) is 5. The molecule has 3 aromatic carbocycles. The third kappa shape index (κ3) is 7.03. The number of hydrogen-bond donors (Lipinski definition) is 2. The second-order valence-electron chi connectivity index (χ2n) is 9.05. The summed E-state index contributed by atoms with van der Waals surface area (Å²) in [5, 5.41) is 6.64. The van der Waals surface area contributed by atoms with E-state index in [1.165, 1.54) is 11.0 Å². The first-order valence-electron chi connectivity index (χ1n) is 12.6. The van der Waals surface area contributed by atoms with Crippen LogP contribution in [-0.4, -0.2) is 43.3 Å². The third-order valence-electron chi connectivity index (χ3n) is 6.24. The quantitative estimate of drug-likeness (QED) is 0.285. The molecule has 204 valence electrons. The molecule has 40 heavy (non-hydrogen) atoms. The Morgan fingerprint density at radius 2 is 1.80 bits per heavy atom. The largest absolute Gasteiger partial charge is 0.487 e. The highest BCUT2D eigenvalue weighted by Gasteiger charge is 2.14. The summed E-state index contributed by atoms with van der Waals surface area (Å²) in [7, 11) is 3.19. The van der Waals surface area contributed by atoms with Crippen molar-refractivity contribution in [2.75, 3.05) is 25.5 Å². The minimum absolute atomic E-state index is 0.187. The molecule has 0 aliphatic rings. The fourth-order valence-electron chi connectivity index (χ4n) is 3.92. The van der Waals surface area contributed by atoms with Gasteiger partial charge in [-0.1, -0.05) is 41.9 Å². The van der Waals surface area contributed by atoms with Crippen LogP contribution < -0.4 is 20.3 Å². The number of benzene rings is 3. The van der Waals surface area contributed by atoms with E-state index in [0.717, 1.165) is 22.2 Å². The van der Waals surface area contributed by atoms with Crippen LogP contribution in [0.25, 0.3) is 17.0 Å². The maximum Gasteiger partial charge on any atom is 0.251 e. The van der Waals surface area contributed by atoms with Crippen LogP contribution in [0.2, 0.25) is 5.02 Å². The van der Waals surface area contributed by atoms with Crippen molar-refractivity contribution < 1.29 is 19.1 Å². The molecule has 4 aromatic rings. The van der Waals surface area contributed by atoms with Crippen molar-refractivity contribution in [2.45, 2.75) is 13.5 Å². The molecule has 0 aliphatic heterocycles. The van der Waals surface area contributed by atoms with Crippen LogP contribution >= 0.6 is 11.6 Å². The predicted octanol–water partition coefficient (Wildman–Crippen LogP) is 4.93. The number of aryl methyl sites for hydroxylation is 1. The number of carbonyl (C=O) groups is 3. The molecule has 0 unspecified atom stereocenters. The van der Waals surface area contributed by atoms with E-state index in [1.807, 2.05) is 37.3 Å². The summed E-state index contributed by atoms with van der Waals surface area (Å²) in [6.45, 7) is 1.93. The lowest BCUT2D eigenvalue weighted by Crippen LogP contribution is -2.37. The van der Waals surface area contributed by atoms with E-state index < -0.39 is 5.91 Å². The molecule has 0 aliphatic carbocycles. The highest BCUT2D eigenvalue weighted by molar-refractivity contribution is 6.31. The number of amides is 3. The van der Waals surface area contributed by atoms with Gasteiger partial charge in [-0.25, -0.2) is 4.98 Å². The number of nitrogens with one attached hydrogen (secondary N) is 2. The number of nitrogens with zero attached hydrogens (tertiary/aromatic N) is 2. The van der Waals surface area contributed by atoms with Gasteiger partial charge in [-0.15, -0.1) is 0 Å². The third-order valence-corrected chi connectivity index (χ3v) is 6.61. The maximum atomic E-state index is 12.8. The van der Waals surface area contributed by atoms with E-state index in [9.17, 15) is 14.4 Å². The molecule has 0 atom stereocenters. The van der Waals surface area contributed by atoms with Crippen molar-refractivity contribution in [1.29, 1.82) is 0 Å². The Kier molecular flexibility index (Phi) is 9.14. The molecule has 3 amide bonds. The van der Waals surface area contributed by atoms with Gasteiger partial charge in [0.05, 0.1) is 6.54 Å². The van der Waals surface area contributed by atoms with Crippen LogP contribution in [0.15, 0.2) is 78.9 Å². The van der Waals surface area contributed by atoms with Crippen LogP contribution in [0.3, 0.4) is 0 Å². The molecule has 0 saturated carbocycles. The molecule has 0 radical (unpaired) electrons. The topological polar surface area (TPSA) is 101 Å². The summed E-state index contributed by atoms with van der Waals surface area (Å²) in [6, 6.07) is 21.7. The van der Waals surface area contributed by atoms with Gasteiger partial charge in [0.1, 0.15) is 17.9 Å². The monoisotopic (exact) mass is 556 g/mol. The second-order valence-corrected chi connectivity index (χ2v) is 9.46. The Morgan fingerprint density at radius 3 is 2.55 bits per heavy atom. The van der Waals surface area contributed by atoms with Crippen molar-refractivity contribution >= 4 is 52.0 Å². The number of fused-ring (bicyclic) bond motifs is 1. The first-order chi connectivity index (χ1) is 19.2. The summed E-state index contributed by atoms with van der Waals surface area (Å²) in [6.07, 6.45) is 2.94. The Hall–Kier alpha value is -4.69. The van der Waals surface area contributed by atoms with Crippen molar-refractivity contribution in [3.8, 4) is 5.75 Å². The average molecular weight is 557 g/mol. The number of carbonyl (C=O) groups excluding carboxylic acids is 3. The van der Waals surface area contributed by atoms with Gasteiger partial charge in [-0.2, -0.15) is 0 Å². The van der Waals surface area contributed by atoms with E-state index in [2.05, 4.69) is 15.6 Å². The van der Waals surface area contributed by atoms with E-state index in [1.54, 1.807) is 62.6 Å². The van der Waals surface area contributed by atoms with E-state index in [4.69, 9.17) is 16.3 Å². The number of aromatic nitrogens is 1. The van der Waals surface area contributed by atoms with Crippen molar-refractivity contribution in [3.05, 3.63) is 106 Å². The van der Waals surface area contributed by atoms with Gasteiger partial charge in [0, 0.05) is 53.1 Å². The van der Waals surface area contributed by atoms with Gasteiger partial charge < -0.3 is 20.3 Å². The Morgan fingerprint density at radius 1 is 1.02 bits per heavy atom. The molecule has 1 heterocycles. The average Bonchev–Trinajstić information content (AvgIpc) is 2.97. The van der Waals surface area contributed by atoms with Crippen molar-refractivity contribution in [3.63, 3.8) is 0 Å². The minimum atomic E-state index is -0.416. The van der Waals surface area contributed by atoms with Crippen LogP contribution in [0.5, 0.6) is 5.75 Å². The number of likely N-dealkylation sites (N-methyl/N-ethyl adjacent to an activating group) is 1. The Bertz CT molecular complexity index is 1580. The SMILES string of the molecule is CNC(=O)c1ccc(C=CC(=O)NCC(=O)N(C)c2ccc(Cl)c(COc3cccc4ccc(C)nc34)c2)cc1. The van der Waals surface area contributed by atoms with Crippen LogP contribution in [-0.2, 0) is 16.2 Å². The molecule has 0 bridgehead atoms. The number of anilines is 1. The zero-order chi connectivity index (χ0) is 28.6. The number of rotatable bonds is 9. The molecular weight excluding hydrogens is 528 g/mol. The van der Waals surface area contributed by atoms with Gasteiger partial charge in [-0.3, -0.25) is 14.4 Å². The Balaban J connectivity index is 1.35. The lowest BCUT2D eigenvalue weighted by atomic mass is 10.1. The molecule has 2 N–H and O–H groups in total. The van der Waals surface area contributed by atoms with E-state index in [0.29, 0.717) is 27.6 Å². The fraction of sp³-hybridized carbons (Fsp3) is 0.161. The van der Waals surface area contributed by atoms with Crippen LogP contribution in [0, 0.1) is 6.92 Å². The van der Waals surface area contributed by atoms with Crippen LogP contribution in [0.1, 0.15) is 27.2 Å². The van der Waals surface area contributed by atoms with Gasteiger partial charge in [-0.05, 0) is 61.0 Å². The molecule has 0 spiro atoms. The molecule has 0 fully saturated rings. The van der Waals surface area contributed by atoms with Crippen molar-refractivity contribution in [2.24, 2.45) is 0 Å². The first kappa shape index (κ1) is 28.3. The summed E-state index contributed by atoms with van der Waals surface area (Å²) in [5.41, 5.74) is 4.25. The number of ether oxygens (including phenoxy) is 1. The molecule has 8 nitrogen and oxygen atoms in total. The Labute approximate surface area is 237 Å². The van der Waals surface area contributed by atoms with Gasteiger partial charge >= 0.3 is 0 Å². The molecule has 1 aromatic heterocycles. The first-order valence-corrected chi connectivity index (χ1v) is 12.9. The lowest BCUT2D eigenvalue weighted by molar-refractivity contribution is -0.122. The standard InChI is InChI=1S/C31H29ClN4O4/c1-20-7-11-22-5-4-6-27(30(22)35-20)40-19-24-17-25(14-15-26(24)32)36(3)29(38)18-34-28(37)16-10-21-8-12-23(13-9-21)31(39)33-2/h4-17H,18-19H2,1-3H3,(H,33,39)(H,34,37). The molecule has 4 rings (SSSR count). The van der Waals surface area contributed by atoms with E-state index >= 15 is 0 Å². The minimum Gasteiger partial charge on any atom is -0.487 e. The zero-order valence-electron chi connectivity index (χ0n) is 22.4. The van der Waals surface area contributed by atoms with Crippen LogP contribution in [0.4, 0.5) is 5.69 Å². The molecular formula is C31H29ClN4O4. The summed E-state index contributed by atoms with van der Waals surface area (Å²) in [5.74, 6) is -0.264. The number of pyridine rings is 1. The normalized spacial score (nSPS) is 10.9. The maximum absolute atomic E-state index is 12.8. The van der Waals surface area contributed by atoms with Gasteiger partial charge in [0.25, 0.3) is 5.91 Å². The number of halogens is 1. The number of para-hydroxylation sites is 1. The second kappa shape index (κ2) is 12.9. The highest BCUT2D eigenvalue weighted by Crippen LogP contribution is 2.28. The van der Waals surface area contributed by atoms with Gasteiger partial charge in [0.2, 0.25) is 11.8 Å².